The molecule has 0 saturated heterocycles. The van der Waals surface area contributed by atoms with Crippen molar-refractivity contribution in [3.8, 4) is 5.75 Å². The lowest BCUT2D eigenvalue weighted by atomic mass is 10.0. The predicted octanol–water partition coefficient (Wildman–Crippen LogP) is 4.93. The first-order chi connectivity index (χ1) is 16.9. The van der Waals surface area contributed by atoms with E-state index in [1.165, 1.54) is 12.1 Å². The summed E-state index contributed by atoms with van der Waals surface area (Å²) in [7, 11) is 1.59. The van der Waals surface area contributed by atoms with Crippen LogP contribution in [0.25, 0.3) is 0 Å². The van der Waals surface area contributed by atoms with Gasteiger partial charge in [0.1, 0.15) is 17.6 Å². The molecule has 5 nitrogen and oxygen atoms in total. The van der Waals surface area contributed by atoms with E-state index in [1.807, 2.05) is 68.4 Å². The van der Waals surface area contributed by atoms with Crippen molar-refractivity contribution in [2.75, 3.05) is 7.11 Å². The van der Waals surface area contributed by atoms with Gasteiger partial charge in [-0.05, 0) is 54.3 Å². The zero-order chi connectivity index (χ0) is 25.2. The average Bonchev–Trinajstić information content (AvgIpc) is 2.88. The zero-order valence-corrected chi connectivity index (χ0v) is 20.5. The van der Waals surface area contributed by atoms with Gasteiger partial charge in [-0.2, -0.15) is 0 Å². The number of benzene rings is 3. The first-order valence-electron chi connectivity index (χ1n) is 11.9. The zero-order valence-electron chi connectivity index (χ0n) is 20.5. The van der Waals surface area contributed by atoms with Crippen LogP contribution >= 0.6 is 0 Å². The van der Waals surface area contributed by atoms with Gasteiger partial charge >= 0.3 is 0 Å². The Morgan fingerprint density at radius 3 is 2.14 bits per heavy atom. The molecule has 2 amide bonds. The Labute approximate surface area is 206 Å². The summed E-state index contributed by atoms with van der Waals surface area (Å²) in [6.07, 6.45) is 1.29. The Morgan fingerprint density at radius 1 is 0.914 bits per heavy atom. The second-order valence-electron chi connectivity index (χ2n) is 8.70. The van der Waals surface area contributed by atoms with Gasteiger partial charge in [0.05, 0.1) is 13.5 Å². The second kappa shape index (κ2) is 12.7. The molecule has 0 radical (unpaired) electrons. The number of methoxy groups -OCH3 is 1. The maximum atomic E-state index is 13.7. The number of carbonyl (C=O) groups is 2. The summed E-state index contributed by atoms with van der Waals surface area (Å²) in [6.45, 7) is 4.14. The number of ether oxygens (including phenoxy) is 1. The molecule has 0 aromatic heterocycles. The number of hydrogen-bond acceptors (Lipinski definition) is 3. The minimum Gasteiger partial charge on any atom is -0.497 e. The third-order valence-corrected chi connectivity index (χ3v) is 6.05. The minimum absolute atomic E-state index is 0.0230. The summed E-state index contributed by atoms with van der Waals surface area (Å²) in [5.74, 6) is -0.0208. The van der Waals surface area contributed by atoms with Crippen LogP contribution in [-0.4, -0.2) is 35.9 Å². The monoisotopic (exact) mass is 476 g/mol. The van der Waals surface area contributed by atoms with Crippen LogP contribution in [0.15, 0.2) is 78.9 Å². The molecule has 0 unspecified atom stereocenters. The fourth-order valence-corrected chi connectivity index (χ4v) is 3.80. The lowest BCUT2D eigenvalue weighted by molar-refractivity contribution is -0.141. The topological polar surface area (TPSA) is 58.6 Å². The molecule has 0 aliphatic rings. The van der Waals surface area contributed by atoms with Gasteiger partial charge in [-0.1, -0.05) is 61.5 Å². The van der Waals surface area contributed by atoms with Gasteiger partial charge in [0.25, 0.3) is 0 Å². The van der Waals surface area contributed by atoms with Crippen molar-refractivity contribution in [2.24, 2.45) is 0 Å². The van der Waals surface area contributed by atoms with Crippen LogP contribution in [0.2, 0.25) is 0 Å². The van der Waals surface area contributed by atoms with Crippen LogP contribution in [0.3, 0.4) is 0 Å². The molecular weight excluding hydrogens is 443 g/mol. The molecular formula is C29H33FN2O3. The van der Waals surface area contributed by atoms with Crippen LogP contribution in [0.4, 0.5) is 4.39 Å². The van der Waals surface area contributed by atoms with Crippen LogP contribution < -0.4 is 10.1 Å². The summed E-state index contributed by atoms with van der Waals surface area (Å²) in [5.41, 5.74) is 2.53. The molecule has 0 fully saturated rings. The van der Waals surface area contributed by atoms with Crippen molar-refractivity contribution in [3.63, 3.8) is 0 Å². The highest BCUT2D eigenvalue weighted by molar-refractivity contribution is 5.89. The molecule has 2 atom stereocenters. The summed E-state index contributed by atoms with van der Waals surface area (Å²) in [5, 5.41) is 3.05. The summed E-state index contributed by atoms with van der Waals surface area (Å²) in [6, 6.07) is 22.3. The van der Waals surface area contributed by atoms with Gasteiger partial charge in [0, 0.05) is 19.0 Å². The molecule has 3 aromatic rings. The molecule has 6 heteroatoms. The van der Waals surface area contributed by atoms with E-state index in [0.29, 0.717) is 12.2 Å². The van der Waals surface area contributed by atoms with Crippen LogP contribution in [0.1, 0.15) is 37.0 Å². The molecule has 3 aromatic carbocycles. The van der Waals surface area contributed by atoms with Crippen molar-refractivity contribution in [3.05, 3.63) is 101 Å². The molecule has 0 aliphatic carbocycles. The van der Waals surface area contributed by atoms with Crippen molar-refractivity contribution in [1.82, 2.24) is 10.2 Å². The van der Waals surface area contributed by atoms with E-state index >= 15 is 0 Å². The molecule has 0 aliphatic heterocycles. The summed E-state index contributed by atoms with van der Waals surface area (Å²) < 4.78 is 18.7. The van der Waals surface area contributed by atoms with Gasteiger partial charge in [-0.3, -0.25) is 9.59 Å². The van der Waals surface area contributed by atoms with Crippen molar-refractivity contribution >= 4 is 11.8 Å². The summed E-state index contributed by atoms with van der Waals surface area (Å²) >= 11 is 0. The number of rotatable bonds is 11. The number of nitrogens with one attached hydrogen (secondary N) is 1. The normalized spacial score (nSPS) is 12.5. The van der Waals surface area contributed by atoms with Crippen LogP contribution in [0, 0.1) is 5.82 Å². The van der Waals surface area contributed by atoms with E-state index in [1.54, 1.807) is 24.1 Å². The van der Waals surface area contributed by atoms with E-state index in [0.717, 1.165) is 23.1 Å². The molecule has 184 valence electrons. The van der Waals surface area contributed by atoms with Crippen LogP contribution in [0.5, 0.6) is 5.75 Å². The predicted molar refractivity (Wildman–Crippen MR) is 135 cm³/mol. The van der Waals surface area contributed by atoms with E-state index in [-0.39, 0.29) is 36.6 Å². The Morgan fingerprint density at radius 2 is 1.54 bits per heavy atom. The Balaban J connectivity index is 1.94. The first kappa shape index (κ1) is 25.9. The first-order valence-corrected chi connectivity index (χ1v) is 11.9. The molecule has 0 saturated carbocycles. The third kappa shape index (κ3) is 7.67. The summed E-state index contributed by atoms with van der Waals surface area (Å²) in [4.78, 5) is 28.7. The van der Waals surface area contributed by atoms with E-state index in [9.17, 15) is 14.0 Å². The molecule has 0 spiro atoms. The van der Waals surface area contributed by atoms with E-state index in [4.69, 9.17) is 4.74 Å². The largest absolute Gasteiger partial charge is 0.497 e. The highest BCUT2D eigenvalue weighted by Crippen LogP contribution is 2.18. The fraction of sp³-hybridized carbons (Fsp3) is 0.310. The molecule has 1 N–H and O–H groups in total. The minimum atomic E-state index is -0.720. The van der Waals surface area contributed by atoms with Crippen molar-refractivity contribution in [2.45, 2.75) is 51.7 Å². The molecule has 0 bridgehead atoms. The maximum Gasteiger partial charge on any atom is 0.243 e. The van der Waals surface area contributed by atoms with Gasteiger partial charge in [0.15, 0.2) is 0 Å². The number of halogens is 1. The Hall–Kier alpha value is -3.67. The van der Waals surface area contributed by atoms with E-state index in [2.05, 4.69) is 5.32 Å². The molecule has 0 heterocycles. The van der Waals surface area contributed by atoms with Gasteiger partial charge in [0.2, 0.25) is 11.8 Å². The fourth-order valence-electron chi connectivity index (χ4n) is 3.80. The molecule has 3 rings (SSSR count). The SMILES string of the molecule is CC[C@@H](C)NC(=O)[C@H](Cc1ccccc1)N(Cc1ccc(F)cc1)C(=O)Cc1ccc(OC)cc1. The Kier molecular flexibility index (Phi) is 9.41. The van der Waals surface area contributed by atoms with Crippen molar-refractivity contribution < 1.29 is 18.7 Å². The number of hydrogen-bond donors (Lipinski definition) is 1. The maximum absolute atomic E-state index is 13.7. The molecule has 35 heavy (non-hydrogen) atoms. The highest BCUT2D eigenvalue weighted by atomic mass is 19.1. The lowest BCUT2D eigenvalue weighted by Gasteiger charge is -2.32. The number of carbonyl (C=O) groups excluding carboxylic acids is 2. The number of amides is 2. The third-order valence-electron chi connectivity index (χ3n) is 6.05. The van der Waals surface area contributed by atoms with Gasteiger partial charge in [-0.15, -0.1) is 0 Å². The van der Waals surface area contributed by atoms with Gasteiger partial charge in [-0.25, -0.2) is 4.39 Å². The highest BCUT2D eigenvalue weighted by Gasteiger charge is 2.31. The van der Waals surface area contributed by atoms with Crippen molar-refractivity contribution in [1.29, 1.82) is 0 Å². The van der Waals surface area contributed by atoms with E-state index < -0.39 is 6.04 Å². The lowest BCUT2D eigenvalue weighted by Crippen LogP contribution is -2.52. The smallest absolute Gasteiger partial charge is 0.243 e. The average molecular weight is 477 g/mol. The van der Waals surface area contributed by atoms with Gasteiger partial charge < -0.3 is 15.0 Å². The Bertz CT molecular complexity index is 1090. The number of nitrogens with zero attached hydrogens (tertiary/aromatic N) is 1. The van der Waals surface area contributed by atoms with Crippen LogP contribution in [-0.2, 0) is 29.0 Å². The standard InChI is InChI=1S/C29H33FN2O3/c1-4-21(2)31-29(34)27(18-22-8-6-5-7-9-22)32(20-24-10-14-25(30)15-11-24)28(33)19-23-12-16-26(35-3)17-13-23/h5-17,21,27H,4,18-20H2,1-3H3,(H,31,34)/t21-,27+/m1/s1. The second-order valence-corrected chi connectivity index (χ2v) is 8.70. The quantitative estimate of drug-likeness (QED) is 0.427.